The first-order chi connectivity index (χ1) is 6.93. The van der Waals surface area contributed by atoms with Gasteiger partial charge in [0.1, 0.15) is 0 Å². The van der Waals surface area contributed by atoms with Crippen LogP contribution in [0.2, 0.25) is 0 Å². The van der Waals surface area contributed by atoms with Crippen LogP contribution in [-0.4, -0.2) is 77.8 Å². The zero-order valence-electron chi connectivity index (χ0n) is 18.0. The fourth-order valence-electron chi connectivity index (χ4n) is 0. The molecule has 0 amide bonds. The Morgan fingerprint density at radius 2 is 0.333 bits per heavy atom. The summed E-state index contributed by atoms with van der Waals surface area (Å²) >= 11 is 0. The number of hydrogen-bond donors (Lipinski definition) is 0. The number of rotatable bonds is 0. The number of hydrogen-bond acceptors (Lipinski definition) is 4. The van der Waals surface area contributed by atoms with Crippen molar-refractivity contribution in [2.75, 3.05) is 50.0 Å². The Bertz CT molecular complexity index is 212. The summed E-state index contributed by atoms with van der Waals surface area (Å²) < 4.78 is 38.2. The van der Waals surface area contributed by atoms with Gasteiger partial charge in [-0.15, -0.1) is 0 Å². The second-order valence-corrected chi connectivity index (χ2v) is 8.90. The van der Waals surface area contributed by atoms with Gasteiger partial charge in [0.15, 0.2) is 0 Å². The Balaban J connectivity index is -0.00000000346. The van der Waals surface area contributed by atoms with E-state index in [0.717, 1.165) is 0 Å². The molecule has 0 spiro atoms. The van der Waals surface area contributed by atoms with Crippen LogP contribution in [0.3, 0.4) is 0 Å². The van der Waals surface area contributed by atoms with Gasteiger partial charge in [0.25, 0.3) is 0 Å². The molecule has 0 aromatic carbocycles. The topological polar surface area (TPSA) is 131 Å². The molecule has 30 heavy (non-hydrogen) atoms. The van der Waals surface area contributed by atoms with Gasteiger partial charge in [-0.1, -0.05) is 0 Å². The van der Waals surface area contributed by atoms with Crippen LogP contribution in [0, 0.1) is 0 Å². The third-order valence-corrected chi connectivity index (χ3v) is 0. The molecule has 0 rings (SSSR count). The maximum atomic E-state index is 9.56. The van der Waals surface area contributed by atoms with Crippen molar-refractivity contribution in [3.63, 3.8) is 0 Å². The van der Waals surface area contributed by atoms with Crippen molar-refractivity contribution in [1.29, 1.82) is 0 Å². The summed E-state index contributed by atoms with van der Waals surface area (Å²) in [7, 11) is -2.44. The molecule has 0 heterocycles. The summed E-state index contributed by atoms with van der Waals surface area (Å²) in [6.07, 6.45) is 13.1. The van der Waals surface area contributed by atoms with Crippen LogP contribution in [0.4, 0.5) is 0 Å². The molecule has 0 aromatic rings. The normalized spacial score (nSPS) is 4.67. The van der Waals surface area contributed by atoms with Crippen LogP contribution in [0.25, 0.3) is 0 Å². The summed E-state index contributed by atoms with van der Waals surface area (Å²) in [6, 6.07) is 0. The Morgan fingerprint density at radius 1 is 0.333 bits per heavy atom. The summed E-state index contributed by atoms with van der Waals surface area (Å²) in [6.45, 7) is 0. The first-order valence-corrected chi connectivity index (χ1v) is 11.8. The molecule has 0 bridgehead atoms. The molecule has 0 unspecified atom stereocenters. The van der Waals surface area contributed by atoms with Crippen molar-refractivity contribution in [1.82, 2.24) is 0 Å². The van der Waals surface area contributed by atoms with Crippen molar-refractivity contribution in [3.05, 3.63) is 0 Å². The zero-order chi connectivity index (χ0) is 14.3. The predicted molar refractivity (Wildman–Crippen MR) is 87.2 cm³/mol. The van der Waals surface area contributed by atoms with Crippen LogP contribution < -0.4 is 202 Å². The van der Waals surface area contributed by atoms with Crippen LogP contribution in [0.1, 0.15) is 0 Å². The van der Waals surface area contributed by atoms with Gasteiger partial charge in [-0.2, -0.15) is 0 Å². The van der Waals surface area contributed by atoms with Crippen LogP contribution in [-0.2, 0) is 83.4 Å². The molecule has 0 aliphatic carbocycles. The number of halogens is 8. The van der Waals surface area contributed by atoms with Crippen molar-refractivity contribution >= 4 is 43.2 Å². The van der Waals surface area contributed by atoms with Crippen LogP contribution in [0.5, 0.6) is 0 Å². The van der Waals surface area contributed by atoms with Gasteiger partial charge in [-0.3, -0.25) is 16.8 Å². The van der Waals surface area contributed by atoms with Crippen molar-refractivity contribution in [3.8, 4) is 0 Å². The van der Waals surface area contributed by atoms with Crippen LogP contribution in [0.15, 0.2) is 0 Å². The smallest absolute Gasteiger partial charge is 1.00 e. The summed E-state index contributed by atoms with van der Waals surface area (Å²) in [4.78, 5) is 0. The largest absolute Gasteiger partial charge is 3.00 e. The van der Waals surface area contributed by atoms with E-state index in [1.807, 2.05) is 0 Å². The van der Waals surface area contributed by atoms with E-state index in [0.29, 0.717) is 0 Å². The minimum Gasteiger partial charge on any atom is -1.00 e. The molecule has 4 N–H and O–H groups in total. The molecule has 0 atom stereocenters. The third-order valence-electron chi connectivity index (χ3n) is 0. The quantitative estimate of drug-likeness (QED) is 0.224. The van der Waals surface area contributed by atoms with E-state index in [4.69, 9.17) is 0 Å². The van der Waals surface area contributed by atoms with Crippen molar-refractivity contribution in [2.45, 2.75) is 0 Å². The summed E-state index contributed by atoms with van der Waals surface area (Å²) in [5.74, 6) is 0. The predicted octanol–water partition coefficient (Wildman–Crippen LogP) is -31.6. The maximum Gasteiger partial charge on any atom is 3.00 e. The molecule has 6 nitrogen and oxygen atoms in total. The SMILES string of the molecule is CS(C)=O.CS(C)=O.CS(C)=O.CS(C)=O.O.O.[Cl-].[Cl-].[Cl-].[Cl-].[Cl-].[Cl-].[Cl-].[Cl-].[Ir+3].[Ir+3].[K+].[K+]. The first kappa shape index (κ1) is 132. The van der Waals surface area contributed by atoms with Gasteiger partial charge in [-0.05, 0) is 0 Å². The monoisotopic (exact) mass is 1090 g/mol. The van der Waals surface area contributed by atoms with E-state index >= 15 is 0 Å². The van der Waals surface area contributed by atoms with E-state index in [1.165, 1.54) is 0 Å². The van der Waals surface area contributed by atoms with Gasteiger partial charge >= 0.3 is 143 Å². The zero-order valence-corrected chi connectivity index (χ0v) is 38.3. The van der Waals surface area contributed by atoms with E-state index < -0.39 is 43.2 Å². The van der Waals surface area contributed by atoms with Crippen molar-refractivity contribution < 1.29 is 270 Å². The maximum absolute atomic E-state index is 9.56. The molecule has 0 radical (unpaired) electrons. The van der Waals surface area contributed by atoms with E-state index in [9.17, 15) is 16.8 Å². The molecule has 0 aliphatic heterocycles. The minimum absolute atomic E-state index is 0. The minimum atomic E-state index is -0.611. The molecule has 0 aromatic heterocycles. The Labute approximate surface area is 355 Å². The second-order valence-electron chi connectivity index (χ2n) is 2.97. The van der Waals surface area contributed by atoms with Gasteiger partial charge in [0, 0.05) is 93.2 Å². The van der Waals surface area contributed by atoms with Gasteiger partial charge in [-0.25, -0.2) is 0 Å². The van der Waals surface area contributed by atoms with Crippen molar-refractivity contribution in [2.24, 2.45) is 0 Å². The van der Waals surface area contributed by atoms with E-state index in [-0.39, 0.29) is 253 Å². The average Bonchev–Trinajstić information content (AvgIpc) is 1.76. The Hall–Kier alpha value is 7.41. The van der Waals surface area contributed by atoms with Gasteiger partial charge in [0.05, 0.1) is 0 Å². The average molecular weight is 1090 g/mol. The summed E-state index contributed by atoms with van der Waals surface area (Å²) in [5.41, 5.74) is 0. The van der Waals surface area contributed by atoms with Crippen LogP contribution >= 0.6 is 0 Å². The molecule has 0 saturated heterocycles. The fraction of sp³-hybridized carbons (Fsp3) is 1.00. The molecule has 22 heteroatoms. The fourth-order valence-corrected chi connectivity index (χ4v) is 0. The summed E-state index contributed by atoms with van der Waals surface area (Å²) in [5, 5.41) is 0. The van der Waals surface area contributed by atoms with Gasteiger partial charge in [0.2, 0.25) is 0 Å². The molecular formula is C8H28Cl8Ir2K2O6S4. The molecule has 196 valence electrons. The molecule has 0 fully saturated rings. The third kappa shape index (κ3) is 763. The Morgan fingerprint density at radius 3 is 0.333 bits per heavy atom. The van der Waals surface area contributed by atoms with Gasteiger partial charge < -0.3 is 110 Å². The first-order valence-electron chi connectivity index (χ1n) is 3.93. The molecule has 0 saturated carbocycles. The standard InChI is InChI=1S/4C2H6OS.8ClH.2Ir.2K.2H2O/c4*1-4(2)3;;;;;;;;;;;;;;/h4*1-2H3;8*1H;;;;;2*1H2/q;;;;;;;;;;;;2*+3;2*+1;;/p-8. The second kappa shape index (κ2) is 121. The molecule has 0 aliphatic rings. The Kier molecular flexibility index (Phi) is 532. The van der Waals surface area contributed by atoms with E-state index in [1.54, 1.807) is 50.0 Å². The van der Waals surface area contributed by atoms with E-state index in [2.05, 4.69) is 0 Å². The molecular weight excluding hydrogens is 1070 g/mol.